The molecule has 3 aliphatic rings. The molecule has 2 saturated heterocycles. The largest absolute Gasteiger partial charge is 0.342 e. The van der Waals surface area contributed by atoms with Gasteiger partial charge in [-0.05, 0) is 30.6 Å². The van der Waals surface area contributed by atoms with Crippen LogP contribution in [0.2, 0.25) is 0 Å². The van der Waals surface area contributed by atoms with Gasteiger partial charge < -0.3 is 4.90 Å². The molecule has 0 N–H and O–H groups in total. The summed E-state index contributed by atoms with van der Waals surface area (Å²) in [4.78, 5) is 14.6. The smallest absolute Gasteiger partial charge is 0.225 e. The monoisotopic (exact) mass is 327 g/mol. The van der Waals surface area contributed by atoms with Crippen LogP contribution in [-0.2, 0) is 14.6 Å². The number of hydrogen-bond donors (Lipinski definition) is 0. The highest BCUT2D eigenvalue weighted by Crippen LogP contribution is 2.35. The molecule has 1 saturated carbocycles. The van der Waals surface area contributed by atoms with Crippen molar-refractivity contribution in [1.82, 2.24) is 4.90 Å². The van der Waals surface area contributed by atoms with Crippen molar-refractivity contribution in [2.24, 2.45) is 23.7 Å². The van der Waals surface area contributed by atoms with Crippen LogP contribution < -0.4 is 0 Å². The second-order valence-electron chi connectivity index (χ2n) is 7.69. The van der Waals surface area contributed by atoms with E-state index in [2.05, 4.69) is 6.92 Å². The van der Waals surface area contributed by atoms with Crippen molar-refractivity contribution in [1.29, 1.82) is 0 Å². The van der Waals surface area contributed by atoms with E-state index in [9.17, 15) is 13.2 Å². The Hall–Kier alpha value is -0.580. The van der Waals surface area contributed by atoms with Crippen molar-refractivity contribution in [2.45, 2.75) is 51.9 Å². The van der Waals surface area contributed by atoms with Gasteiger partial charge >= 0.3 is 0 Å². The standard InChI is InChI=1S/C17H29NO3S/c1-2-14(8-13-6-4-3-5-7-13)17(19)18-9-15(10-18)16-11-22(20,21)12-16/h13-16H,2-12H2,1H3/t14-/m1/s1. The van der Waals surface area contributed by atoms with Gasteiger partial charge in [-0.1, -0.05) is 39.0 Å². The van der Waals surface area contributed by atoms with Crippen LogP contribution in [0.5, 0.6) is 0 Å². The Morgan fingerprint density at radius 3 is 2.27 bits per heavy atom. The van der Waals surface area contributed by atoms with Gasteiger partial charge in [0.25, 0.3) is 0 Å². The minimum atomic E-state index is -2.73. The number of amides is 1. The third-order valence-corrected chi connectivity index (χ3v) is 7.88. The van der Waals surface area contributed by atoms with Crippen molar-refractivity contribution in [2.75, 3.05) is 24.6 Å². The molecule has 1 aliphatic carbocycles. The Bertz CT molecular complexity index is 492. The van der Waals surface area contributed by atoms with Crippen LogP contribution in [-0.4, -0.2) is 43.8 Å². The molecule has 126 valence electrons. The number of carbonyl (C=O) groups is 1. The Balaban J connectivity index is 1.44. The van der Waals surface area contributed by atoms with Gasteiger partial charge in [-0.3, -0.25) is 4.79 Å². The molecule has 1 atom stereocenters. The third-order valence-electron chi connectivity index (χ3n) is 6.01. The van der Waals surface area contributed by atoms with E-state index in [4.69, 9.17) is 0 Å². The fraction of sp³-hybridized carbons (Fsp3) is 0.941. The third kappa shape index (κ3) is 3.50. The average molecular weight is 327 g/mol. The Kier molecular flexibility index (Phi) is 4.81. The zero-order valence-corrected chi connectivity index (χ0v) is 14.5. The predicted octanol–water partition coefficient (Wildman–Crippen LogP) is 2.49. The van der Waals surface area contributed by atoms with E-state index in [1.807, 2.05) is 4.90 Å². The molecule has 3 fully saturated rings. The number of nitrogens with zero attached hydrogens (tertiary/aromatic N) is 1. The van der Waals surface area contributed by atoms with Crippen LogP contribution in [0.3, 0.4) is 0 Å². The summed E-state index contributed by atoms with van der Waals surface area (Å²) in [5, 5.41) is 0. The van der Waals surface area contributed by atoms with Crippen LogP contribution in [0.4, 0.5) is 0 Å². The molecular formula is C17H29NO3S. The lowest BCUT2D eigenvalue weighted by molar-refractivity contribution is -0.144. The number of likely N-dealkylation sites (tertiary alicyclic amines) is 1. The maximum atomic E-state index is 12.6. The van der Waals surface area contributed by atoms with E-state index in [1.165, 1.54) is 32.1 Å². The second-order valence-corrected chi connectivity index (χ2v) is 9.84. The molecule has 22 heavy (non-hydrogen) atoms. The Labute approximate surface area is 134 Å². The van der Waals surface area contributed by atoms with Crippen LogP contribution >= 0.6 is 0 Å². The van der Waals surface area contributed by atoms with E-state index >= 15 is 0 Å². The summed E-state index contributed by atoms with van der Waals surface area (Å²) in [6.07, 6.45) is 8.62. The maximum absolute atomic E-state index is 12.6. The SMILES string of the molecule is CC[C@H](CC1CCCCC1)C(=O)N1CC(C2CS(=O)(=O)C2)C1. The Morgan fingerprint density at radius 1 is 1.09 bits per heavy atom. The number of carbonyl (C=O) groups excluding carboxylic acids is 1. The van der Waals surface area contributed by atoms with Gasteiger partial charge in [-0.2, -0.15) is 0 Å². The summed E-state index contributed by atoms with van der Waals surface area (Å²) in [5.41, 5.74) is 0. The van der Waals surface area contributed by atoms with Gasteiger partial charge in [0.05, 0.1) is 11.5 Å². The lowest BCUT2D eigenvalue weighted by Gasteiger charge is -2.47. The number of sulfone groups is 1. The zero-order chi connectivity index (χ0) is 15.7. The molecule has 3 rings (SSSR count). The zero-order valence-electron chi connectivity index (χ0n) is 13.7. The van der Waals surface area contributed by atoms with Crippen molar-refractivity contribution in [3.05, 3.63) is 0 Å². The molecule has 1 amide bonds. The average Bonchev–Trinajstić information content (AvgIpc) is 2.42. The van der Waals surface area contributed by atoms with Crippen molar-refractivity contribution in [3.8, 4) is 0 Å². The highest BCUT2D eigenvalue weighted by molar-refractivity contribution is 7.92. The summed E-state index contributed by atoms with van der Waals surface area (Å²) in [6.45, 7) is 3.71. The lowest BCUT2D eigenvalue weighted by Crippen LogP contribution is -2.58. The molecule has 0 spiro atoms. The van der Waals surface area contributed by atoms with E-state index in [1.54, 1.807) is 0 Å². The van der Waals surface area contributed by atoms with Gasteiger partial charge in [-0.25, -0.2) is 8.42 Å². The molecule has 2 aliphatic heterocycles. The fourth-order valence-corrected chi connectivity index (χ4v) is 6.14. The minimum Gasteiger partial charge on any atom is -0.342 e. The molecular weight excluding hydrogens is 298 g/mol. The molecule has 0 radical (unpaired) electrons. The fourth-order valence-electron chi connectivity index (χ4n) is 4.39. The van der Waals surface area contributed by atoms with Gasteiger partial charge in [0, 0.05) is 19.0 Å². The normalized spacial score (nSPS) is 28.0. The van der Waals surface area contributed by atoms with Gasteiger partial charge in [0.15, 0.2) is 9.84 Å². The van der Waals surface area contributed by atoms with Crippen LogP contribution in [0, 0.1) is 23.7 Å². The van der Waals surface area contributed by atoms with Crippen molar-refractivity contribution in [3.63, 3.8) is 0 Å². The quantitative estimate of drug-likeness (QED) is 0.779. The lowest BCUT2D eigenvalue weighted by atomic mass is 9.80. The van der Waals surface area contributed by atoms with E-state index in [0.717, 1.165) is 31.8 Å². The van der Waals surface area contributed by atoms with Crippen LogP contribution in [0.15, 0.2) is 0 Å². The predicted molar refractivity (Wildman–Crippen MR) is 87.2 cm³/mol. The molecule has 2 heterocycles. The first-order valence-corrected chi connectivity index (χ1v) is 10.8. The first-order chi connectivity index (χ1) is 10.5. The molecule has 0 aromatic heterocycles. The van der Waals surface area contributed by atoms with Gasteiger partial charge in [0.1, 0.15) is 0 Å². The molecule has 0 bridgehead atoms. The second kappa shape index (κ2) is 6.50. The molecule has 0 unspecified atom stereocenters. The highest BCUT2D eigenvalue weighted by atomic mass is 32.2. The topological polar surface area (TPSA) is 54.5 Å². The van der Waals surface area contributed by atoms with Crippen LogP contribution in [0.25, 0.3) is 0 Å². The maximum Gasteiger partial charge on any atom is 0.225 e. The molecule has 4 nitrogen and oxygen atoms in total. The summed E-state index contributed by atoms with van der Waals surface area (Å²) >= 11 is 0. The van der Waals surface area contributed by atoms with Crippen LogP contribution in [0.1, 0.15) is 51.9 Å². The summed E-state index contributed by atoms with van der Waals surface area (Å²) in [5.74, 6) is 2.70. The number of hydrogen-bond acceptors (Lipinski definition) is 3. The van der Waals surface area contributed by atoms with E-state index < -0.39 is 9.84 Å². The summed E-state index contributed by atoms with van der Waals surface area (Å²) < 4.78 is 22.5. The molecule has 5 heteroatoms. The molecule has 0 aromatic rings. The first kappa shape index (κ1) is 16.3. The first-order valence-electron chi connectivity index (χ1n) is 8.97. The van der Waals surface area contributed by atoms with E-state index in [0.29, 0.717) is 29.2 Å². The van der Waals surface area contributed by atoms with Gasteiger partial charge in [-0.15, -0.1) is 0 Å². The minimum absolute atomic E-state index is 0.189. The van der Waals surface area contributed by atoms with Crippen molar-refractivity contribution < 1.29 is 13.2 Å². The van der Waals surface area contributed by atoms with Crippen molar-refractivity contribution >= 4 is 15.7 Å². The van der Waals surface area contributed by atoms with E-state index in [-0.39, 0.29) is 5.92 Å². The number of rotatable bonds is 5. The summed E-state index contributed by atoms with van der Waals surface area (Å²) in [7, 11) is -2.73. The molecule has 0 aromatic carbocycles. The summed E-state index contributed by atoms with van der Waals surface area (Å²) in [6, 6.07) is 0. The van der Waals surface area contributed by atoms with Gasteiger partial charge in [0.2, 0.25) is 5.91 Å². The highest BCUT2D eigenvalue weighted by Gasteiger charge is 2.45. The Morgan fingerprint density at radius 2 is 1.73 bits per heavy atom.